The van der Waals surface area contributed by atoms with Crippen LogP contribution in [-0.2, 0) is 17.7 Å². The van der Waals surface area contributed by atoms with E-state index in [1.54, 1.807) is 26.4 Å². The Balaban J connectivity index is 1.81. The second kappa shape index (κ2) is 8.26. The molecular weight excluding hydrogens is 434 g/mol. The second-order valence-corrected chi connectivity index (χ2v) is 8.14. The summed E-state index contributed by atoms with van der Waals surface area (Å²) in [5, 5.41) is 11.1. The summed E-state index contributed by atoms with van der Waals surface area (Å²) in [6.45, 7) is 0.332. The predicted octanol–water partition coefficient (Wildman–Crippen LogP) is 4.33. The third-order valence-corrected chi connectivity index (χ3v) is 6.30. The number of fused-ring (bicyclic) bond motifs is 4. The van der Waals surface area contributed by atoms with Crippen molar-refractivity contribution in [3.05, 3.63) is 88.1 Å². The van der Waals surface area contributed by atoms with Crippen LogP contribution in [-0.4, -0.2) is 42.8 Å². The lowest BCUT2D eigenvalue weighted by Crippen LogP contribution is -2.19. The molecule has 0 saturated heterocycles. The van der Waals surface area contributed by atoms with Crippen LogP contribution in [0.15, 0.2) is 54.6 Å². The van der Waals surface area contributed by atoms with Crippen molar-refractivity contribution in [3.8, 4) is 17.2 Å². The van der Waals surface area contributed by atoms with Gasteiger partial charge in [0, 0.05) is 30.0 Å². The van der Waals surface area contributed by atoms with Crippen LogP contribution in [0.3, 0.4) is 0 Å². The first-order valence-corrected chi connectivity index (χ1v) is 10.8. The first-order valence-electron chi connectivity index (χ1n) is 10.8. The van der Waals surface area contributed by atoms with E-state index in [9.17, 15) is 14.7 Å². The molecule has 4 aromatic rings. The average molecular weight is 457 g/mol. The molecule has 5 rings (SSSR count). The van der Waals surface area contributed by atoms with Crippen LogP contribution in [0.2, 0.25) is 0 Å². The molecule has 0 radical (unpaired) electrons. The van der Waals surface area contributed by atoms with Gasteiger partial charge >= 0.3 is 5.97 Å². The number of aromatic nitrogens is 1. The number of carbonyl (C=O) groups excluding carboxylic acids is 2. The number of phenols is 1. The minimum atomic E-state index is -0.655. The molecule has 7 nitrogen and oxygen atoms in total. The van der Waals surface area contributed by atoms with Gasteiger partial charge in [0.05, 0.1) is 32.5 Å². The van der Waals surface area contributed by atoms with Gasteiger partial charge in [-0.1, -0.05) is 24.3 Å². The fourth-order valence-electron chi connectivity index (χ4n) is 4.77. The Kier molecular flexibility index (Phi) is 5.24. The number of ketones is 1. The molecule has 1 heterocycles. The Labute approximate surface area is 196 Å². The molecule has 1 aromatic heterocycles. The van der Waals surface area contributed by atoms with E-state index in [-0.39, 0.29) is 17.1 Å². The van der Waals surface area contributed by atoms with Gasteiger partial charge in [-0.25, -0.2) is 4.79 Å². The zero-order valence-electron chi connectivity index (χ0n) is 19.0. The number of rotatable bonds is 5. The van der Waals surface area contributed by atoms with Gasteiger partial charge in [0.1, 0.15) is 22.8 Å². The van der Waals surface area contributed by atoms with Crippen LogP contribution in [0.1, 0.15) is 43.1 Å². The minimum Gasteiger partial charge on any atom is -0.507 e. The fraction of sp³-hybridized carbons (Fsp3) is 0.185. The van der Waals surface area contributed by atoms with Gasteiger partial charge < -0.3 is 23.9 Å². The van der Waals surface area contributed by atoms with Crippen molar-refractivity contribution in [1.29, 1.82) is 0 Å². The standard InChI is InChI=1S/C27H23NO6/c1-32-17-10-15(11-18(13-17)33-2)14-28-21-8-9-22(29)24(27(31)34-3)23(21)20-12-16-6-4-5-7-19(16)26(30)25(20)28/h4-11,13,29H,12,14H2,1-3H3. The van der Waals surface area contributed by atoms with Gasteiger partial charge in [0.15, 0.2) is 0 Å². The number of nitrogens with zero attached hydrogens (tertiary/aromatic N) is 1. The fourth-order valence-corrected chi connectivity index (χ4v) is 4.77. The zero-order chi connectivity index (χ0) is 24.0. The van der Waals surface area contributed by atoms with Crippen LogP contribution >= 0.6 is 0 Å². The minimum absolute atomic E-state index is 0.0606. The molecule has 1 N–H and O–H groups in total. The number of hydrogen-bond acceptors (Lipinski definition) is 6. The number of methoxy groups -OCH3 is 3. The highest BCUT2D eigenvalue weighted by Crippen LogP contribution is 2.40. The first-order chi connectivity index (χ1) is 16.5. The Hall–Kier alpha value is -4.26. The van der Waals surface area contributed by atoms with Crippen molar-refractivity contribution < 1.29 is 28.9 Å². The summed E-state index contributed by atoms with van der Waals surface area (Å²) in [6.07, 6.45) is 0.454. The third kappa shape index (κ3) is 3.28. The van der Waals surface area contributed by atoms with Crippen molar-refractivity contribution in [3.63, 3.8) is 0 Å². The molecule has 0 atom stereocenters. The molecule has 0 aliphatic heterocycles. The topological polar surface area (TPSA) is 87.0 Å². The summed E-state index contributed by atoms with van der Waals surface area (Å²) in [4.78, 5) is 26.4. The molecule has 34 heavy (non-hydrogen) atoms. The quantitative estimate of drug-likeness (QED) is 0.395. The van der Waals surface area contributed by atoms with Crippen LogP contribution in [0.5, 0.6) is 17.2 Å². The second-order valence-electron chi connectivity index (χ2n) is 8.14. The maximum Gasteiger partial charge on any atom is 0.342 e. The summed E-state index contributed by atoms with van der Waals surface area (Å²) in [5.74, 6) is 0.290. The average Bonchev–Trinajstić information content (AvgIpc) is 3.16. The van der Waals surface area contributed by atoms with Gasteiger partial charge in [-0.3, -0.25) is 4.79 Å². The van der Waals surface area contributed by atoms with Crippen molar-refractivity contribution in [2.75, 3.05) is 21.3 Å². The van der Waals surface area contributed by atoms with Crippen molar-refractivity contribution >= 4 is 22.7 Å². The smallest absolute Gasteiger partial charge is 0.342 e. The van der Waals surface area contributed by atoms with E-state index >= 15 is 0 Å². The first kappa shape index (κ1) is 21.6. The Bertz CT molecular complexity index is 1440. The maximum atomic E-state index is 13.7. The Morgan fingerprint density at radius 2 is 1.71 bits per heavy atom. The normalized spacial score (nSPS) is 12.3. The molecule has 0 bridgehead atoms. The monoisotopic (exact) mass is 457 g/mol. The number of hydrogen-bond donors (Lipinski definition) is 1. The Morgan fingerprint density at radius 1 is 1.00 bits per heavy atom. The lowest BCUT2D eigenvalue weighted by atomic mass is 9.87. The molecular formula is C27H23NO6. The number of benzene rings is 3. The number of phenolic OH excluding ortho intramolecular Hbond substituents is 1. The molecule has 0 spiro atoms. The number of esters is 1. The highest BCUT2D eigenvalue weighted by molar-refractivity contribution is 6.18. The molecule has 0 unspecified atom stereocenters. The van der Waals surface area contributed by atoms with Gasteiger partial charge in [0.25, 0.3) is 0 Å². The lowest BCUT2D eigenvalue weighted by Gasteiger charge is -2.19. The highest BCUT2D eigenvalue weighted by Gasteiger charge is 2.33. The Morgan fingerprint density at radius 3 is 2.38 bits per heavy atom. The highest BCUT2D eigenvalue weighted by atomic mass is 16.5. The lowest BCUT2D eigenvalue weighted by molar-refractivity contribution is 0.0599. The molecule has 7 heteroatoms. The number of aromatic hydroxyl groups is 1. The van der Waals surface area contributed by atoms with Crippen LogP contribution in [0, 0.1) is 0 Å². The van der Waals surface area contributed by atoms with Gasteiger partial charge in [-0.2, -0.15) is 0 Å². The van der Waals surface area contributed by atoms with E-state index < -0.39 is 5.97 Å². The molecule has 0 saturated carbocycles. The molecule has 172 valence electrons. The van der Waals surface area contributed by atoms with Gasteiger partial charge in [0.2, 0.25) is 5.78 Å². The maximum absolute atomic E-state index is 13.7. The van der Waals surface area contributed by atoms with E-state index in [0.29, 0.717) is 52.2 Å². The van der Waals surface area contributed by atoms with Crippen LogP contribution < -0.4 is 9.47 Å². The van der Waals surface area contributed by atoms with Crippen LogP contribution in [0.4, 0.5) is 0 Å². The summed E-state index contributed by atoms with van der Waals surface area (Å²) in [5.41, 5.74) is 4.27. The van der Waals surface area contributed by atoms with E-state index in [1.165, 1.54) is 13.2 Å². The third-order valence-electron chi connectivity index (χ3n) is 6.30. The van der Waals surface area contributed by atoms with E-state index in [1.807, 2.05) is 41.0 Å². The van der Waals surface area contributed by atoms with Crippen molar-refractivity contribution in [2.24, 2.45) is 0 Å². The summed E-state index contributed by atoms with van der Waals surface area (Å²) in [7, 11) is 4.43. The van der Waals surface area contributed by atoms with Crippen molar-refractivity contribution in [2.45, 2.75) is 13.0 Å². The molecule has 3 aromatic carbocycles. The number of ether oxygens (including phenoxy) is 3. The summed E-state index contributed by atoms with van der Waals surface area (Å²) < 4.78 is 17.7. The predicted molar refractivity (Wildman–Crippen MR) is 126 cm³/mol. The van der Waals surface area contributed by atoms with Gasteiger partial charge in [-0.15, -0.1) is 0 Å². The van der Waals surface area contributed by atoms with Crippen molar-refractivity contribution in [1.82, 2.24) is 4.57 Å². The molecule has 0 amide bonds. The van der Waals surface area contributed by atoms with E-state index in [4.69, 9.17) is 14.2 Å². The SMILES string of the molecule is COC(=O)c1c(O)ccc2c1c1c(n2Cc2cc(OC)cc(OC)c2)C(=O)c2ccccc2C1. The van der Waals surface area contributed by atoms with E-state index in [2.05, 4.69) is 0 Å². The summed E-state index contributed by atoms with van der Waals surface area (Å²) >= 11 is 0. The molecule has 1 aliphatic rings. The molecule has 1 aliphatic carbocycles. The van der Waals surface area contributed by atoms with E-state index in [0.717, 1.165) is 11.1 Å². The van der Waals surface area contributed by atoms with Crippen LogP contribution in [0.25, 0.3) is 10.9 Å². The summed E-state index contributed by atoms with van der Waals surface area (Å²) in [6, 6.07) is 16.2. The zero-order valence-corrected chi connectivity index (χ0v) is 19.0. The number of carbonyl (C=O) groups is 2. The van der Waals surface area contributed by atoms with Gasteiger partial charge in [-0.05, 0) is 41.0 Å². The largest absolute Gasteiger partial charge is 0.507 e. The molecule has 0 fully saturated rings.